The van der Waals surface area contributed by atoms with Gasteiger partial charge in [-0.3, -0.25) is 14.8 Å². The molecule has 160 valence electrons. The summed E-state index contributed by atoms with van der Waals surface area (Å²) in [6, 6.07) is 13.8. The Morgan fingerprint density at radius 3 is 2.30 bits per heavy atom. The van der Waals surface area contributed by atoms with E-state index in [1.165, 1.54) is 12.1 Å². The lowest BCUT2D eigenvalue weighted by Gasteiger charge is -2.10. The minimum atomic E-state index is -0.386. The molecule has 0 atom stereocenters. The van der Waals surface area contributed by atoms with Crippen LogP contribution in [0.1, 0.15) is 43.2 Å². The molecular weight excluding hydrogens is 403 g/mol. The van der Waals surface area contributed by atoms with E-state index in [9.17, 15) is 14.0 Å². The van der Waals surface area contributed by atoms with Crippen molar-refractivity contribution in [2.24, 2.45) is 0 Å². The van der Waals surface area contributed by atoms with Gasteiger partial charge in [-0.15, -0.1) is 11.8 Å². The Bertz CT molecular complexity index is 852. The molecule has 2 aromatic carbocycles. The Labute approximate surface area is 180 Å². The maximum atomic E-state index is 13.3. The summed E-state index contributed by atoms with van der Waals surface area (Å²) in [7, 11) is 0. The highest BCUT2D eigenvalue weighted by Crippen LogP contribution is 2.21. The minimum absolute atomic E-state index is 0.213. The topological polar surface area (TPSA) is 78.4 Å². The smallest absolute Gasteiger partial charge is 0.251 e. The number of hydroxylamine groups is 1. The van der Waals surface area contributed by atoms with E-state index in [-0.39, 0.29) is 24.1 Å². The van der Waals surface area contributed by atoms with Crippen molar-refractivity contribution in [2.75, 3.05) is 12.8 Å². The summed E-state index contributed by atoms with van der Waals surface area (Å²) in [5.74, 6) is -0.948. The molecule has 0 aromatic heterocycles. The average molecular weight is 431 g/mol. The molecule has 0 saturated carbocycles. The van der Waals surface area contributed by atoms with Crippen LogP contribution < -0.4 is 10.8 Å². The molecule has 2 rings (SSSR count). The maximum Gasteiger partial charge on any atom is 0.251 e. The van der Waals surface area contributed by atoms with Gasteiger partial charge < -0.3 is 5.32 Å². The van der Waals surface area contributed by atoms with Crippen LogP contribution in [0, 0.1) is 5.82 Å². The van der Waals surface area contributed by atoms with Crippen molar-refractivity contribution in [3.05, 3.63) is 65.5 Å². The highest BCUT2D eigenvalue weighted by atomic mass is 32.2. The summed E-state index contributed by atoms with van der Waals surface area (Å²) in [4.78, 5) is 24.9. The molecule has 0 aliphatic heterocycles. The minimum Gasteiger partial charge on any atom is -0.352 e. The van der Waals surface area contributed by atoms with Gasteiger partial charge in [0.2, 0.25) is 5.91 Å². The van der Waals surface area contributed by atoms with Gasteiger partial charge in [-0.25, -0.2) is 9.87 Å². The lowest BCUT2D eigenvalue weighted by atomic mass is 10.0. The quantitative estimate of drug-likeness (QED) is 0.121. The van der Waals surface area contributed by atoms with Crippen molar-refractivity contribution < 1.29 is 19.2 Å². The number of benzene rings is 2. The Morgan fingerprint density at radius 1 is 1.00 bits per heavy atom. The Morgan fingerprint density at radius 2 is 1.67 bits per heavy atom. The summed E-state index contributed by atoms with van der Waals surface area (Å²) in [5.41, 5.74) is 3.63. The van der Waals surface area contributed by atoms with Gasteiger partial charge in [-0.2, -0.15) is 0 Å². The maximum absolute atomic E-state index is 13.3. The molecule has 0 aliphatic rings. The zero-order valence-corrected chi connectivity index (χ0v) is 17.8. The molecule has 30 heavy (non-hydrogen) atoms. The van der Waals surface area contributed by atoms with E-state index in [1.807, 2.05) is 30.5 Å². The van der Waals surface area contributed by atoms with Crippen molar-refractivity contribution in [1.29, 1.82) is 0 Å². The normalized spacial score (nSPS) is 11.2. The zero-order chi connectivity index (χ0) is 21.8. The first-order chi connectivity index (χ1) is 14.5. The zero-order valence-electron chi connectivity index (χ0n) is 17.0. The van der Waals surface area contributed by atoms with Crippen molar-refractivity contribution in [1.82, 2.24) is 10.8 Å². The van der Waals surface area contributed by atoms with Gasteiger partial charge in [0.15, 0.2) is 0 Å². The van der Waals surface area contributed by atoms with Crippen LogP contribution in [0.2, 0.25) is 0 Å². The van der Waals surface area contributed by atoms with Crippen molar-refractivity contribution >= 4 is 35.2 Å². The second-order valence-corrected chi connectivity index (χ2v) is 7.67. The molecule has 0 radical (unpaired) electrons. The molecular formula is C23H27FN2O3S. The number of carbonyl (C=O) groups excluding carboxylic acids is 2. The fourth-order valence-corrected chi connectivity index (χ4v) is 3.30. The first-order valence-corrected chi connectivity index (χ1v) is 11.1. The molecule has 0 spiro atoms. The lowest BCUT2D eigenvalue weighted by molar-refractivity contribution is -0.129. The van der Waals surface area contributed by atoms with Gasteiger partial charge in [-0.1, -0.05) is 37.1 Å². The molecule has 0 unspecified atom stereocenters. The summed E-state index contributed by atoms with van der Waals surface area (Å²) in [6.45, 7) is 0.509. The number of thioether (sulfide) groups is 1. The lowest BCUT2D eigenvalue weighted by Crippen LogP contribution is -2.25. The molecule has 5 nitrogen and oxygen atoms in total. The van der Waals surface area contributed by atoms with Crippen molar-refractivity contribution in [3.8, 4) is 0 Å². The monoisotopic (exact) mass is 430 g/mol. The van der Waals surface area contributed by atoms with Gasteiger partial charge in [0.05, 0.1) is 0 Å². The van der Waals surface area contributed by atoms with Gasteiger partial charge in [0.1, 0.15) is 5.82 Å². The van der Waals surface area contributed by atoms with E-state index < -0.39 is 0 Å². The number of nitrogens with one attached hydrogen (secondary N) is 2. The van der Waals surface area contributed by atoms with Crippen LogP contribution >= 0.6 is 11.8 Å². The molecule has 0 bridgehead atoms. The SMILES string of the molecule is CSc1ccc(/C=C(\C(=O)NCCCCCCC(=O)NO)c2ccc(F)cc2)cc1. The number of hydrogen-bond acceptors (Lipinski definition) is 4. The highest BCUT2D eigenvalue weighted by Gasteiger charge is 2.12. The van der Waals surface area contributed by atoms with E-state index in [1.54, 1.807) is 35.5 Å². The summed E-state index contributed by atoms with van der Waals surface area (Å²) in [6.07, 6.45) is 7.27. The standard InChI is InChI=1S/C23H27FN2O3S/c1-30-20-13-7-17(8-14-20)16-21(18-9-11-19(24)12-10-18)23(28)25-15-5-3-2-4-6-22(27)26-29/h7-14,16,29H,2-6,15H2,1H3,(H,25,28)(H,26,27)/b21-16-. The third-order valence-corrected chi connectivity index (χ3v) is 5.31. The summed E-state index contributed by atoms with van der Waals surface area (Å²) in [5, 5.41) is 11.4. The van der Waals surface area contributed by atoms with E-state index in [0.29, 0.717) is 24.1 Å². The Kier molecular flexibility index (Phi) is 10.1. The van der Waals surface area contributed by atoms with Crippen LogP contribution in [0.3, 0.4) is 0 Å². The van der Waals surface area contributed by atoms with Crippen LogP contribution in [-0.2, 0) is 9.59 Å². The third kappa shape index (κ3) is 8.00. The van der Waals surface area contributed by atoms with Crippen LogP contribution in [-0.4, -0.2) is 29.8 Å². The number of rotatable bonds is 11. The van der Waals surface area contributed by atoms with E-state index in [4.69, 9.17) is 5.21 Å². The van der Waals surface area contributed by atoms with E-state index in [0.717, 1.165) is 29.7 Å². The van der Waals surface area contributed by atoms with Crippen LogP contribution in [0.15, 0.2) is 53.4 Å². The number of halogens is 1. The molecule has 0 saturated heterocycles. The number of carbonyl (C=O) groups is 2. The summed E-state index contributed by atoms with van der Waals surface area (Å²) >= 11 is 1.65. The van der Waals surface area contributed by atoms with Gasteiger partial charge in [0.25, 0.3) is 5.91 Å². The Balaban J connectivity index is 1.98. The van der Waals surface area contributed by atoms with Crippen LogP contribution in [0.25, 0.3) is 11.6 Å². The van der Waals surface area contributed by atoms with Gasteiger partial charge >= 0.3 is 0 Å². The first kappa shape index (κ1) is 23.6. The number of amides is 2. The van der Waals surface area contributed by atoms with E-state index in [2.05, 4.69) is 5.32 Å². The second kappa shape index (κ2) is 12.8. The van der Waals surface area contributed by atoms with Gasteiger partial charge in [0, 0.05) is 23.4 Å². The fraction of sp³-hybridized carbons (Fsp3) is 0.304. The Hall–Kier alpha value is -2.64. The van der Waals surface area contributed by atoms with Crippen LogP contribution in [0.5, 0.6) is 0 Å². The summed E-state index contributed by atoms with van der Waals surface area (Å²) < 4.78 is 13.3. The first-order valence-electron chi connectivity index (χ1n) is 9.86. The predicted octanol–water partition coefficient (Wildman–Crippen LogP) is 4.66. The molecule has 2 aromatic rings. The van der Waals surface area contributed by atoms with Gasteiger partial charge in [-0.05, 0) is 60.6 Å². The fourth-order valence-electron chi connectivity index (χ4n) is 2.89. The second-order valence-electron chi connectivity index (χ2n) is 6.79. The van der Waals surface area contributed by atoms with Crippen LogP contribution in [0.4, 0.5) is 4.39 Å². The molecule has 3 N–H and O–H groups in total. The average Bonchev–Trinajstić information content (AvgIpc) is 2.77. The molecule has 0 fully saturated rings. The third-order valence-electron chi connectivity index (χ3n) is 4.57. The predicted molar refractivity (Wildman–Crippen MR) is 119 cm³/mol. The number of unbranched alkanes of at least 4 members (excludes halogenated alkanes) is 3. The highest BCUT2D eigenvalue weighted by molar-refractivity contribution is 7.98. The molecule has 7 heteroatoms. The largest absolute Gasteiger partial charge is 0.352 e. The van der Waals surface area contributed by atoms with Crippen molar-refractivity contribution in [2.45, 2.75) is 37.0 Å². The molecule has 0 aliphatic carbocycles. The molecule has 2 amide bonds. The number of hydrogen-bond donors (Lipinski definition) is 3. The molecule has 0 heterocycles. The van der Waals surface area contributed by atoms with E-state index >= 15 is 0 Å². The van der Waals surface area contributed by atoms with Crippen molar-refractivity contribution in [3.63, 3.8) is 0 Å².